The molecule has 0 amide bonds. The van der Waals surface area contributed by atoms with E-state index in [-0.39, 0.29) is 6.10 Å². The number of hydrogen-bond acceptors (Lipinski definition) is 5. The van der Waals surface area contributed by atoms with Crippen LogP contribution in [0.2, 0.25) is 5.02 Å². The third kappa shape index (κ3) is 3.94. The van der Waals surface area contributed by atoms with Gasteiger partial charge in [0, 0.05) is 11.8 Å². The first-order valence-electron chi connectivity index (χ1n) is 6.33. The van der Waals surface area contributed by atoms with Crippen molar-refractivity contribution in [3.63, 3.8) is 0 Å². The molecule has 0 spiro atoms. The molecule has 0 aliphatic carbocycles. The Morgan fingerprint density at radius 1 is 1.57 bits per heavy atom. The molecule has 8 heteroatoms. The van der Waals surface area contributed by atoms with Crippen LogP contribution in [0.15, 0.2) is 30.6 Å². The zero-order valence-electron chi connectivity index (χ0n) is 11.5. The van der Waals surface area contributed by atoms with Gasteiger partial charge in [0.2, 0.25) is 0 Å². The van der Waals surface area contributed by atoms with Gasteiger partial charge >= 0.3 is 0 Å². The first kappa shape index (κ1) is 15.3. The molecular formula is C13H17ClN6O. The van der Waals surface area contributed by atoms with Crippen molar-refractivity contribution in [2.24, 2.45) is 5.84 Å². The third-order valence-electron chi connectivity index (χ3n) is 2.87. The molecule has 1 aromatic heterocycles. The molecule has 1 atom stereocenters. The number of rotatable bonds is 7. The quantitative estimate of drug-likeness (QED) is 0.270. The van der Waals surface area contributed by atoms with Crippen molar-refractivity contribution >= 4 is 17.9 Å². The van der Waals surface area contributed by atoms with Crippen LogP contribution in [-0.2, 0) is 0 Å². The lowest BCUT2D eigenvalue weighted by atomic mass is 10.1. The Morgan fingerprint density at radius 2 is 2.38 bits per heavy atom. The van der Waals surface area contributed by atoms with Crippen LogP contribution in [0.5, 0.6) is 5.75 Å². The lowest BCUT2D eigenvalue weighted by molar-refractivity contribution is 0.162. The molecule has 0 aliphatic rings. The molecule has 0 fully saturated rings. The average molecular weight is 309 g/mol. The Kier molecular flexibility index (Phi) is 5.15. The molecule has 21 heavy (non-hydrogen) atoms. The second kappa shape index (κ2) is 7.07. The van der Waals surface area contributed by atoms with Gasteiger partial charge in [-0.25, -0.2) is 0 Å². The molecule has 1 aromatic carbocycles. The van der Waals surface area contributed by atoms with Gasteiger partial charge in [0.25, 0.3) is 0 Å². The van der Waals surface area contributed by atoms with Crippen LogP contribution in [0, 0.1) is 5.41 Å². The van der Waals surface area contributed by atoms with Crippen molar-refractivity contribution in [3.05, 3.63) is 35.6 Å². The highest BCUT2D eigenvalue weighted by Gasteiger charge is 2.12. The summed E-state index contributed by atoms with van der Waals surface area (Å²) in [6.45, 7) is 2.28. The molecule has 1 heterocycles. The number of ether oxygens (including phenoxy) is 1. The predicted molar refractivity (Wildman–Crippen MR) is 81.9 cm³/mol. The Balaban J connectivity index is 2.12. The summed E-state index contributed by atoms with van der Waals surface area (Å²) < 4.78 is 5.81. The van der Waals surface area contributed by atoms with Gasteiger partial charge in [0.1, 0.15) is 11.9 Å². The second-order valence-electron chi connectivity index (χ2n) is 4.47. The van der Waals surface area contributed by atoms with Crippen LogP contribution in [0.4, 0.5) is 0 Å². The van der Waals surface area contributed by atoms with Crippen LogP contribution < -0.4 is 16.1 Å². The van der Waals surface area contributed by atoms with Gasteiger partial charge in [-0.15, -0.1) is 0 Å². The van der Waals surface area contributed by atoms with Crippen LogP contribution in [-0.4, -0.2) is 34.2 Å². The van der Waals surface area contributed by atoms with Crippen molar-refractivity contribution < 1.29 is 4.74 Å². The standard InChI is InChI=1S/C13H17ClN6O/c1-9(7-20(8-15)19-16)21-13-4-10(2-3-12(13)14)11-5-17-18-6-11/h2-6,8-9,15,19H,7,16H2,1H3,(H,17,18)/t9-/m0/s1. The van der Waals surface area contributed by atoms with Crippen LogP contribution in [0.25, 0.3) is 11.1 Å². The Morgan fingerprint density at radius 3 is 3.00 bits per heavy atom. The number of aromatic amines is 1. The van der Waals surface area contributed by atoms with Crippen LogP contribution in [0.1, 0.15) is 6.92 Å². The number of benzene rings is 1. The number of nitrogens with zero attached hydrogens (tertiary/aromatic N) is 2. The maximum atomic E-state index is 7.17. The summed E-state index contributed by atoms with van der Waals surface area (Å²) in [4.78, 5) is 0. The van der Waals surface area contributed by atoms with E-state index in [0.29, 0.717) is 17.3 Å². The van der Waals surface area contributed by atoms with E-state index >= 15 is 0 Å². The van der Waals surface area contributed by atoms with Gasteiger partial charge in [-0.3, -0.25) is 21.4 Å². The largest absolute Gasteiger partial charge is 0.487 e. The van der Waals surface area contributed by atoms with E-state index in [1.807, 2.05) is 19.1 Å². The topological polar surface area (TPSA) is 103 Å². The molecule has 7 nitrogen and oxygen atoms in total. The van der Waals surface area contributed by atoms with Gasteiger partial charge in [-0.1, -0.05) is 17.7 Å². The Labute approximate surface area is 127 Å². The highest BCUT2D eigenvalue weighted by molar-refractivity contribution is 6.32. The van der Waals surface area contributed by atoms with E-state index in [1.165, 1.54) is 5.01 Å². The van der Waals surface area contributed by atoms with Crippen molar-refractivity contribution in [1.82, 2.24) is 20.7 Å². The van der Waals surface area contributed by atoms with E-state index in [1.54, 1.807) is 18.5 Å². The smallest absolute Gasteiger partial charge is 0.139 e. The summed E-state index contributed by atoms with van der Waals surface area (Å²) in [6, 6.07) is 5.53. The van der Waals surface area contributed by atoms with Crippen LogP contribution >= 0.6 is 11.6 Å². The minimum absolute atomic E-state index is 0.209. The summed E-state index contributed by atoms with van der Waals surface area (Å²) in [5.41, 5.74) is 4.29. The summed E-state index contributed by atoms with van der Waals surface area (Å²) in [5, 5.41) is 15.8. The molecule has 0 unspecified atom stereocenters. The average Bonchev–Trinajstić information content (AvgIpc) is 3.01. The first-order chi connectivity index (χ1) is 10.1. The SMILES string of the molecule is C[C@@H](CN(C=N)NN)Oc1cc(-c2cn[nH]c2)ccc1Cl. The molecule has 112 valence electrons. The van der Waals surface area contributed by atoms with Gasteiger partial charge in [-0.05, 0) is 24.6 Å². The Bertz CT molecular complexity index is 588. The molecule has 0 radical (unpaired) electrons. The van der Waals surface area contributed by atoms with Crippen molar-refractivity contribution in [2.75, 3.05) is 6.54 Å². The number of nitrogens with one attached hydrogen (secondary N) is 3. The normalized spacial score (nSPS) is 12.0. The summed E-state index contributed by atoms with van der Waals surface area (Å²) in [5.74, 6) is 5.85. The highest BCUT2D eigenvalue weighted by Crippen LogP contribution is 2.30. The maximum absolute atomic E-state index is 7.17. The fourth-order valence-corrected chi connectivity index (χ4v) is 2.02. The lowest BCUT2D eigenvalue weighted by Crippen LogP contribution is -2.46. The van der Waals surface area contributed by atoms with E-state index in [9.17, 15) is 0 Å². The maximum Gasteiger partial charge on any atom is 0.139 e. The molecule has 2 aromatic rings. The van der Waals surface area contributed by atoms with Crippen molar-refractivity contribution in [3.8, 4) is 16.9 Å². The number of halogens is 1. The minimum Gasteiger partial charge on any atom is -0.487 e. The van der Waals surface area contributed by atoms with E-state index in [4.69, 9.17) is 27.6 Å². The van der Waals surface area contributed by atoms with E-state index < -0.39 is 0 Å². The van der Waals surface area contributed by atoms with Crippen LogP contribution in [0.3, 0.4) is 0 Å². The summed E-state index contributed by atoms with van der Waals surface area (Å²) >= 11 is 6.16. The first-order valence-corrected chi connectivity index (χ1v) is 6.70. The number of aromatic nitrogens is 2. The summed E-state index contributed by atoms with van der Waals surface area (Å²) in [6.07, 6.45) is 4.40. The lowest BCUT2D eigenvalue weighted by Gasteiger charge is -2.22. The number of nitrogens with two attached hydrogens (primary N) is 1. The van der Waals surface area contributed by atoms with E-state index in [0.717, 1.165) is 17.5 Å². The second-order valence-corrected chi connectivity index (χ2v) is 4.88. The van der Waals surface area contributed by atoms with Crippen molar-refractivity contribution in [1.29, 1.82) is 5.41 Å². The minimum atomic E-state index is -0.209. The number of hydrogen-bond donors (Lipinski definition) is 4. The van der Waals surface area contributed by atoms with Crippen molar-refractivity contribution in [2.45, 2.75) is 13.0 Å². The van der Waals surface area contributed by atoms with Gasteiger partial charge in [0.15, 0.2) is 0 Å². The van der Waals surface area contributed by atoms with Gasteiger partial charge in [0.05, 0.1) is 24.1 Å². The Hall–Kier alpha value is -2.09. The molecule has 0 saturated heterocycles. The third-order valence-corrected chi connectivity index (χ3v) is 3.18. The predicted octanol–water partition coefficient (Wildman–Crippen LogP) is 1.78. The zero-order valence-corrected chi connectivity index (χ0v) is 12.3. The molecule has 0 bridgehead atoms. The molecule has 0 saturated carbocycles. The van der Waals surface area contributed by atoms with Gasteiger partial charge < -0.3 is 4.74 Å². The van der Waals surface area contributed by atoms with E-state index in [2.05, 4.69) is 15.7 Å². The molecular weight excluding hydrogens is 292 g/mol. The molecule has 2 rings (SSSR count). The number of H-pyrrole nitrogens is 1. The highest BCUT2D eigenvalue weighted by atomic mass is 35.5. The fraction of sp³-hybridized carbons (Fsp3) is 0.231. The zero-order chi connectivity index (χ0) is 15.2. The summed E-state index contributed by atoms with van der Waals surface area (Å²) in [7, 11) is 0. The molecule has 5 N–H and O–H groups in total. The van der Waals surface area contributed by atoms with Gasteiger partial charge in [-0.2, -0.15) is 10.6 Å². The molecule has 0 aliphatic heterocycles. The fourth-order valence-electron chi connectivity index (χ4n) is 1.86. The number of hydrazine groups is 2. The monoisotopic (exact) mass is 308 g/mol.